The lowest BCUT2D eigenvalue weighted by molar-refractivity contribution is -0.168. The maximum absolute atomic E-state index is 13.4. The minimum absolute atomic E-state index is 0.0141. The van der Waals surface area contributed by atoms with E-state index in [1.807, 2.05) is 19.1 Å². The van der Waals surface area contributed by atoms with Gasteiger partial charge in [-0.15, -0.1) is 0 Å². The molecule has 1 unspecified atom stereocenters. The number of β-lactam (4-membered cyclic amide) rings is 1. The second kappa shape index (κ2) is 9.07. The largest absolute Gasteiger partial charge is 0.382 e. The van der Waals surface area contributed by atoms with E-state index < -0.39 is 5.54 Å². The van der Waals surface area contributed by atoms with Crippen LogP contribution in [0.4, 0.5) is 0 Å². The Bertz CT molecular complexity index is 658. The molecule has 2 fully saturated rings. The molecule has 1 aromatic rings. The number of nitrogens with one attached hydrogen (secondary N) is 1. The zero-order valence-electron chi connectivity index (χ0n) is 16.0. The van der Waals surface area contributed by atoms with Gasteiger partial charge in [0, 0.05) is 30.8 Å². The minimum atomic E-state index is -0.925. The molecule has 148 valence electrons. The molecule has 1 saturated heterocycles. The molecule has 3 rings (SSSR count). The third-order valence-electron chi connectivity index (χ3n) is 5.68. The van der Waals surface area contributed by atoms with Gasteiger partial charge in [0.05, 0.1) is 6.42 Å². The van der Waals surface area contributed by atoms with Crippen molar-refractivity contribution in [3.05, 3.63) is 34.9 Å². The first-order chi connectivity index (χ1) is 13.1. The fourth-order valence-electron chi connectivity index (χ4n) is 4.19. The molecule has 2 amide bonds. The summed E-state index contributed by atoms with van der Waals surface area (Å²) in [6, 6.07) is 7.51. The molecule has 1 heterocycles. The van der Waals surface area contributed by atoms with Crippen molar-refractivity contribution in [1.29, 1.82) is 0 Å². The zero-order chi connectivity index (χ0) is 19.3. The lowest BCUT2D eigenvalue weighted by atomic mass is 9.76. The summed E-state index contributed by atoms with van der Waals surface area (Å²) in [5.41, 5.74) is -0.0954. The second-order valence-corrected chi connectivity index (χ2v) is 7.88. The molecule has 1 N–H and O–H groups in total. The number of ether oxygens (including phenoxy) is 1. The fourth-order valence-corrected chi connectivity index (χ4v) is 4.31. The predicted molar refractivity (Wildman–Crippen MR) is 106 cm³/mol. The normalized spacial score (nSPS) is 23.2. The van der Waals surface area contributed by atoms with Crippen molar-refractivity contribution in [2.24, 2.45) is 0 Å². The summed E-state index contributed by atoms with van der Waals surface area (Å²) in [7, 11) is 0. The smallest absolute Gasteiger partial charge is 0.251 e. The van der Waals surface area contributed by atoms with Gasteiger partial charge in [0.2, 0.25) is 5.91 Å². The van der Waals surface area contributed by atoms with Gasteiger partial charge in [-0.05, 0) is 43.9 Å². The Balaban J connectivity index is 1.81. The van der Waals surface area contributed by atoms with E-state index in [1.54, 1.807) is 17.0 Å². The van der Waals surface area contributed by atoms with Crippen molar-refractivity contribution in [3.8, 4) is 0 Å². The van der Waals surface area contributed by atoms with E-state index >= 15 is 0 Å². The summed E-state index contributed by atoms with van der Waals surface area (Å²) in [4.78, 5) is 27.5. The lowest BCUT2D eigenvalue weighted by Gasteiger charge is -2.51. The summed E-state index contributed by atoms with van der Waals surface area (Å²) in [5.74, 6) is -0.0482. The quantitative estimate of drug-likeness (QED) is 0.542. The standard InChI is InChI=1S/C21H29ClN2O3/c1-2-27-14-6-13-24-19(25)15-21(24,16-9-11-17(22)12-10-16)20(26)23-18-7-4-3-5-8-18/h9-12,18H,2-8,13-15H2,1H3,(H,23,26). The summed E-state index contributed by atoms with van der Waals surface area (Å²) in [6.07, 6.45) is 6.48. The van der Waals surface area contributed by atoms with Crippen LogP contribution in [0.1, 0.15) is 57.4 Å². The van der Waals surface area contributed by atoms with Gasteiger partial charge in [-0.25, -0.2) is 0 Å². The highest BCUT2D eigenvalue weighted by Gasteiger charge is 2.57. The van der Waals surface area contributed by atoms with Crippen molar-refractivity contribution in [2.45, 2.75) is 63.5 Å². The number of carbonyl (C=O) groups is 2. The van der Waals surface area contributed by atoms with Gasteiger partial charge < -0.3 is 15.0 Å². The van der Waals surface area contributed by atoms with Crippen LogP contribution in [-0.4, -0.2) is 42.5 Å². The van der Waals surface area contributed by atoms with Crippen LogP contribution in [-0.2, 0) is 19.9 Å². The number of nitrogens with zero attached hydrogens (tertiary/aromatic N) is 1. The van der Waals surface area contributed by atoms with E-state index in [4.69, 9.17) is 16.3 Å². The van der Waals surface area contributed by atoms with Gasteiger partial charge in [0.15, 0.2) is 5.54 Å². The van der Waals surface area contributed by atoms with E-state index in [-0.39, 0.29) is 24.3 Å². The second-order valence-electron chi connectivity index (χ2n) is 7.45. The molecule has 1 aromatic carbocycles. The van der Waals surface area contributed by atoms with Crippen molar-refractivity contribution >= 4 is 23.4 Å². The Labute approximate surface area is 166 Å². The average Bonchev–Trinajstić information content (AvgIpc) is 2.67. The maximum atomic E-state index is 13.4. The first-order valence-electron chi connectivity index (χ1n) is 10.0. The summed E-state index contributed by atoms with van der Waals surface area (Å²) >= 11 is 6.04. The highest BCUT2D eigenvalue weighted by Crippen LogP contribution is 2.42. The van der Waals surface area contributed by atoms with Gasteiger partial charge in [-0.2, -0.15) is 0 Å². The Hall–Kier alpha value is -1.59. The number of rotatable bonds is 8. The van der Waals surface area contributed by atoms with Crippen molar-refractivity contribution < 1.29 is 14.3 Å². The van der Waals surface area contributed by atoms with Crippen LogP contribution in [0.3, 0.4) is 0 Å². The molecular weight excluding hydrogens is 364 g/mol. The number of hydrogen-bond acceptors (Lipinski definition) is 3. The summed E-state index contributed by atoms with van der Waals surface area (Å²) in [6.45, 7) is 3.70. The molecule has 1 aliphatic heterocycles. The van der Waals surface area contributed by atoms with Crippen molar-refractivity contribution in [2.75, 3.05) is 19.8 Å². The van der Waals surface area contributed by atoms with Crippen LogP contribution in [0.2, 0.25) is 5.02 Å². The molecule has 1 aliphatic carbocycles. The minimum Gasteiger partial charge on any atom is -0.382 e. The lowest BCUT2D eigenvalue weighted by Crippen LogP contribution is -2.68. The third-order valence-corrected chi connectivity index (χ3v) is 5.93. The van der Waals surface area contributed by atoms with E-state index in [1.165, 1.54) is 6.42 Å². The highest BCUT2D eigenvalue weighted by atomic mass is 35.5. The summed E-state index contributed by atoms with van der Waals surface area (Å²) < 4.78 is 5.40. The van der Waals surface area contributed by atoms with E-state index in [0.29, 0.717) is 31.2 Å². The van der Waals surface area contributed by atoms with Crippen molar-refractivity contribution in [3.63, 3.8) is 0 Å². The topological polar surface area (TPSA) is 58.6 Å². The number of benzene rings is 1. The number of likely N-dealkylation sites (tertiary alicyclic amines) is 1. The zero-order valence-corrected chi connectivity index (χ0v) is 16.8. The molecule has 2 aliphatic rings. The first-order valence-corrected chi connectivity index (χ1v) is 10.4. The fraction of sp³-hybridized carbons (Fsp3) is 0.619. The number of amides is 2. The van der Waals surface area contributed by atoms with E-state index in [2.05, 4.69) is 5.32 Å². The maximum Gasteiger partial charge on any atom is 0.251 e. The van der Waals surface area contributed by atoms with Gasteiger partial charge >= 0.3 is 0 Å². The van der Waals surface area contributed by atoms with Gasteiger partial charge in [0.25, 0.3) is 5.91 Å². The molecule has 0 bridgehead atoms. The molecular formula is C21H29ClN2O3. The molecule has 0 spiro atoms. The van der Waals surface area contributed by atoms with Crippen LogP contribution >= 0.6 is 11.6 Å². The van der Waals surface area contributed by atoms with Crippen LogP contribution in [0.25, 0.3) is 0 Å². The SMILES string of the molecule is CCOCCCN1C(=O)CC1(C(=O)NC1CCCCC1)c1ccc(Cl)cc1. The monoisotopic (exact) mass is 392 g/mol. The number of carbonyl (C=O) groups excluding carboxylic acids is 2. The molecule has 27 heavy (non-hydrogen) atoms. The number of halogens is 1. The first kappa shape index (κ1) is 20.2. The Kier molecular flexibility index (Phi) is 6.77. The van der Waals surface area contributed by atoms with Crippen LogP contribution in [0.5, 0.6) is 0 Å². The highest BCUT2D eigenvalue weighted by molar-refractivity contribution is 6.30. The average molecular weight is 393 g/mol. The Morgan fingerprint density at radius 3 is 2.59 bits per heavy atom. The van der Waals surface area contributed by atoms with Gasteiger partial charge in [0.1, 0.15) is 0 Å². The molecule has 5 nitrogen and oxygen atoms in total. The third kappa shape index (κ3) is 4.30. The molecule has 1 atom stereocenters. The molecule has 6 heteroatoms. The van der Waals surface area contributed by atoms with E-state index in [0.717, 1.165) is 31.2 Å². The van der Waals surface area contributed by atoms with Crippen LogP contribution in [0, 0.1) is 0 Å². The van der Waals surface area contributed by atoms with Crippen molar-refractivity contribution in [1.82, 2.24) is 10.2 Å². The van der Waals surface area contributed by atoms with Crippen LogP contribution in [0.15, 0.2) is 24.3 Å². The van der Waals surface area contributed by atoms with Gasteiger partial charge in [-0.3, -0.25) is 9.59 Å². The van der Waals surface area contributed by atoms with E-state index in [9.17, 15) is 9.59 Å². The van der Waals surface area contributed by atoms with Gasteiger partial charge in [-0.1, -0.05) is 43.0 Å². The van der Waals surface area contributed by atoms with Crippen LogP contribution < -0.4 is 5.32 Å². The molecule has 0 aromatic heterocycles. The Morgan fingerprint density at radius 1 is 1.26 bits per heavy atom. The summed E-state index contributed by atoms with van der Waals surface area (Å²) in [5, 5.41) is 3.85. The molecule has 1 saturated carbocycles. The molecule has 0 radical (unpaired) electrons. The predicted octanol–water partition coefficient (Wildman–Crippen LogP) is 3.64. The Morgan fingerprint density at radius 2 is 1.96 bits per heavy atom. The number of hydrogen-bond donors (Lipinski definition) is 1.